The molecule has 2 aliphatic rings. The summed E-state index contributed by atoms with van der Waals surface area (Å²) in [5.41, 5.74) is 4.01. The van der Waals surface area contributed by atoms with Crippen LogP contribution in [0, 0.1) is 10.1 Å². The van der Waals surface area contributed by atoms with Crippen LogP contribution >= 0.6 is 0 Å². The molecule has 5 rings (SSSR count). The van der Waals surface area contributed by atoms with Crippen LogP contribution < -0.4 is 9.80 Å². The van der Waals surface area contributed by atoms with E-state index in [1.54, 1.807) is 24.5 Å². The lowest BCUT2D eigenvalue weighted by Gasteiger charge is -2.36. The number of amides is 1. The first-order valence-electron chi connectivity index (χ1n) is 11.2. The van der Waals surface area contributed by atoms with Gasteiger partial charge in [0.2, 0.25) is 0 Å². The summed E-state index contributed by atoms with van der Waals surface area (Å²) in [6, 6.07) is 17.1. The number of nitrogens with zero attached hydrogens (tertiary/aromatic N) is 4. The summed E-state index contributed by atoms with van der Waals surface area (Å²) >= 11 is 0. The Hall–Kier alpha value is -3.81. The molecular formula is C25H26N4O4. The Morgan fingerprint density at radius 3 is 2.67 bits per heavy atom. The number of hydrogen-bond acceptors (Lipinski definition) is 6. The molecule has 1 fully saturated rings. The second-order valence-corrected chi connectivity index (χ2v) is 8.62. The molecule has 0 spiro atoms. The van der Waals surface area contributed by atoms with Gasteiger partial charge in [-0.3, -0.25) is 14.9 Å². The lowest BCUT2D eigenvalue weighted by molar-refractivity contribution is -0.384. The minimum atomic E-state index is -0.386. The molecule has 1 aromatic heterocycles. The normalized spacial score (nSPS) is 17.8. The third kappa shape index (κ3) is 4.04. The number of benzene rings is 2. The fraction of sp³-hybridized carbons (Fsp3) is 0.320. The van der Waals surface area contributed by atoms with Gasteiger partial charge in [0, 0.05) is 55.7 Å². The van der Waals surface area contributed by atoms with Gasteiger partial charge in [0.25, 0.3) is 11.6 Å². The molecule has 0 bridgehead atoms. The quantitative estimate of drug-likeness (QED) is 0.433. The van der Waals surface area contributed by atoms with Crippen molar-refractivity contribution >= 4 is 23.0 Å². The Labute approximate surface area is 192 Å². The van der Waals surface area contributed by atoms with Gasteiger partial charge in [-0.05, 0) is 37.1 Å². The zero-order chi connectivity index (χ0) is 22.9. The Bertz CT molecular complexity index is 1180. The Morgan fingerprint density at radius 2 is 1.88 bits per heavy atom. The van der Waals surface area contributed by atoms with Crippen molar-refractivity contribution in [3.05, 3.63) is 87.9 Å². The van der Waals surface area contributed by atoms with Gasteiger partial charge in [-0.1, -0.05) is 24.3 Å². The van der Waals surface area contributed by atoms with Crippen LogP contribution in [0.5, 0.6) is 0 Å². The van der Waals surface area contributed by atoms with E-state index in [0.29, 0.717) is 50.1 Å². The predicted octanol–water partition coefficient (Wildman–Crippen LogP) is 4.10. The summed E-state index contributed by atoms with van der Waals surface area (Å²) in [6.45, 7) is 5.09. The van der Waals surface area contributed by atoms with Crippen LogP contribution in [0.15, 0.2) is 65.3 Å². The average Bonchev–Trinajstić information content (AvgIpc) is 3.43. The van der Waals surface area contributed by atoms with E-state index in [9.17, 15) is 14.9 Å². The van der Waals surface area contributed by atoms with E-state index >= 15 is 0 Å². The maximum Gasteiger partial charge on any atom is 0.271 e. The minimum absolute atomic E-state index is 0.0300. The van der Waals surface area contributed by atoms with Crippen LogP contribution in [-0.2, 0) is 13.0 Å². The molecule has 8 heteroatoms. The number of furan rings is 1. The van der Waals surface area contributed by atoms with Crippen LogP contribution in [0.3, 0.4) is 0 Å². The van der Waals surface area contributed by atoms with Gasteiger partial charge in [-0.25, -0.2) is 0 Å². The van der Waals surface area contributed by atoms with Crippen molar-refractivity contribution < 1.29 is 14.1 Å². The molecule has 2 aromatic carbocycles. The van der Waals surface area contributed by atoms with Gasteiger partial charge in [0.05, 0.1) is 23.3 Å². The summed E-state index contributed by atoms with van der Waals surface area (Å²) in [5.74, 6) is 0.655. The molecule has 1 saturated heterocycles. The first-order chi connectivity index (χ1) is 16.0. The highest BCUT2D eigenvalue weighted by Crippen LogP contribution is 2.34. The van der Waals surface area contributed by atoms with Gasteiger partial charge in [-0.15, -0.1) is 0 Å². The van der Waals surface area contributed by atoms with E-state index in [1.165, 1.54) is 17.3 Å². The van der Waals surface area contributed by atoms with Gasteiger partial charge in [0.15, 0.2) is 0 Å². The molecular weight excluding hydrogens is 420 g/mol. The zero-order valence-corrected chi connectivity index (χ0v) is 18.5. The molecule has 1 amide bonds. The van der Waals surface area contributed by atoms with Gasteiger partial charge < -0.3 is 19.1 Å². The second kappa shape index (κ2) is 8.61. The Morgan fingerprint density at radius 1 is 1.09 bits per heavy atom. The van der Waals surface area contributed by atoms with Gasteiger partial charge in [-0.2, -0.15) is 0 Å². The number of piperazine rings is 1. The first kappa shape index (κ1) is 21.1. The molecule has 1 unspecified atom stereocenters. The molecule has 2 aliphatic heterocycles. The topological polar surface area (TPSA) is 83.1 Å². The van der Waals surface area contributed by atoms with Crippen LogP contribution in [-0.4, -0.2) is 48.0 Å². The van der Waals surface area contributed by atoms with Crippen LogP contribution in [0.2, 0.25) is 0 Å². The molecule has 0 saturated carbocycles. The van der Waals surface area contributed by atoms with Crippen LogP contribution in [0.4, 0.5) is 17.1 Å². The van der Waals surface area contributed by atoms with E-state index in [-0.39, 0.29) is 16.5 Å². The van der Waals surface area contributed by atoms with Crippen LogP contribution in [0.1, 0.15) is 28.6 Å². The summed E-state index contributed by atoms with van der Waals surface area (Å²) in [7, 11) is 0. The van der Waals surface area contributed by atoms with Crippen molar-refractivity contribution in [3.8, 4) is 0 Å². The SMILES string of the molecule is CC1Cc2ccccc2N1Cc1occc1C(=O)N1CCN(c2cccc([N+](=O)[O-])c2)CC1. The third-order valence-corrected chi connectivity index (χ3v) is 6.61. The molecule has 3 aromatic rings. The standard InChI is InChI=1S/C25H26N4O4/c1-18-15-19-5-2-3-8-23(19)28(18)17-24-22(9-14-33-24)25(30)27-12-10-26(11-13-27)20-6-4-7-21(16-20)29(31)32/h2-9,14,16,18H,10-13,15,17H2,1H3. The molecule has 8 nitrogen and oxygen atoms in total. The Kier molecular flexibility index (Phi) is 5.50. The highest BCUT2D eigenvalue weighted by Gasteiger charge is 2.30. The number of para-hydroxylation sites is 1. The van der Waals surface area contributed by atoms with E-state index in [4.69, 9.17) is 4.42 Å². The number of fused-ring (bicyclic) bond motifs is 1. The largest absolute Gasteiger partial charge is 0.467 e. The van der Waals surface area contributed by atoms with Crippen molar-refractivity contribution in [3.63, 3.8) is 0 Å². The highest BCUT2D eigenvalue weighted by atomic mass is 16.6. The minimum Gasteiger partial charge on any atom is -0.467 e. The van der Waals surface area contributed by atoms with Crippen molar-refractivity contribution in [1.82, 2.24) is 4.90 Å². The summed E-state index contributed by atoms with van der Waals surface area (Å²) in [6.07, 6.45) is 2.58. The fourth-order valence-corrected chi connectivity index (χ4v) is 4.82. The Balaban J connectivity index is 1.26. The average molecular weight is 447 g/mol. The number of anilines is 2. The lowest BCUT2D eigenvalue weighted by atomic mass is 10.1. The van der Waals surface area contributed by atoms with E-state index < -0.39 is 0 Å². The number of carbonyl (C=O) groups is 1. The monoisotopic (exact) mass is 446 g/mol. The first-order valence-corrected chi connectivity index (χ1v) is 11.2. The lowest BCUT2D eigenvalue weighted by Crippen LogP contribution is -2.49. The maximum atomic E-state index is 13.3. The zero-order valence-electron chi connectivity index (χ0n) is 18.5. The van der Waals surface area contributed by atoms with Crippen molar-refractivity contribution in [2.75, 3.05) is 36.0 Å². The van der Waals surface area contributed by atoms with Crippen molar-refractivity contribution in [1.29, 1.82) is 0 Å². The number of hydrogen-bond donors (Lipinski definition) is 0. The number of nitro benzene ring substituents is 1. The van der Waals surface area contributed by atoms with Crippen molar-refractivity contribution in [2.45, 2.75) is 25.9 Å². The van der Waals surface area contributed by atoms with Crippen LogP contribution in [0.25, 0.3) is 0 Å². The molecule has 33 heavy (non-hydrogen) atoms. The number of non-ortho nitro benzene ring substituents is 1. The van der Waals surface area contributed by atoms with E-state index in [1.807, 2.05) is 17.0 Å². The fourth-order valence-electron chi connectivity index (χ4n) is 4.82. The molecule has 0 N–H and O–H groups in total. The third-order valence-electron chi connectivity index (χ3n) is 6.61. The number of carbonyl (C=O) groups excluding carboxylic acids is 1. The smallest absolute Gasteiger partial charge is 0.271 e. The second-order valence-electron chi connectivity index (χ2n) is 8.62. The molecule has 3 heterocycles. The van der Waals surface area contributed by atoms with Gasteiger partial charge in [0.1, 0.15) is 5.76 Å². The maximum absolute atomic E-state index is 13.3. The molecule has 170 valence electrons. The summed E-state index contributed by atoms with van der Waals surface area (Å²) < 4.78 is 5.76. The van der Waals surface area contributed by atoms with Crippen molar-refractivity contribution in [2.24, 2.45) is 0 Å². The summed E-state index contributed by atoms with van der Waals surface area (Å²) in [5, 5.41) is 11.1. The number of nitro groups is 1. The van der Waals surface area contributed by atoms with E-state index in [0.717, 1.165) is 12.1 Å². The molecule has 0 radical (unpaired) electrons. The highest BCUT2D eigenvalue weighted by molar-refractivity contribution is 5.95. The number of rotatable bonds is 5. The predicted molar refractivity (Wildman–Crippen MR) is 126 cm³/mol. The molecule has 0 aliphatic carbocycles. The van der Waals surface area contributed by atoms with E-state index in [2.05, 4.69) is 34.9 Å². The van der Waals surface area contributed by atoms with Gasteiger partial charge >= 0.3 is 0 Å². The molecule has 1 atom stereocenters. The summed E-state index contributed by atoms with van der Waals surface area (Å²) in [4.78, 5) is 30.2.